The standard InChI is InChI=1S/C21H17Cl2N3O3/c1-13-16(20(23)26(2)25-13)11-12-19(27)29-15-9-7-14(8-10-15)24-21(28)17-5-3-4-6-18(17)22/h3-12H,1-2H3,(H,24,28)/b12-11+. The zero-order chi connectivity index (χ0) is 21.0. The van der Waals surface area contributed by atoms with Crippen LogP contribution in [0.2, 0.25) is 10.2 Å². The van der Waals surface area contributed by atoms with E-state index in [0.29, 0.717) is 38.4 Å². The number of aryl methyl sites for hydroxylation is 2. The number of nitrogens with zero attached hydrogens (tertiary/aromatic N) is 2. The molecule has 0 unspecified atom stereocenters. The topological polar surface area (TPSA) is 73.2 Å². The number of rotatable bonds is 5. The molecule has 0 spiro atoms. The van der Waals surface area contributed by atoms with Crippen molar-refractivity contribution in [2.24, 2.45) is 7.05 Å². The Morgan fingerprint density at radius 3 is 2.41 bits per heavy atom. The molecule has 0 fully saturated rings. The molecular formula is C21H17Cl2N3O3. The van der Waals surface area contributed by atoms with Crippen LogP contribution in [0, 0.1) is 6.92 Å². The number of anilines is 1. The van der Waals surface area contributed by atoms with Crippen LogP contribution in [0.25, 0.3) is 6.08 Å². The van der Waals surface area contributed by atoms with Gasteiger partial charge in [-0.2, -0.15) is 5.10 Å². The lowest BCUT2D eigenvalue weighted by Gasteiger charge is -2.07. The largest absolute Gasteiger partial charge is 0.423 e. The number of esters is 1. The second-order valence-corrected chi connectivity index (χ2v) is 6.89. The highest BCUT2D eigenvalue weighted by Crippen LogP contribution is 2.21. The third-order valence-corrected chi connectivity index (χ3v) is 4.81. The molecule has 1 aromatic heterocycles. The van der Waals surface area contributed by atoms with E-state index in [1.54, 1.807) is 68.6 Å². The maximum Gasteiger partial charge on any atom is 0.336 e. The summed E-state index contributed by atoms with van der Waals surface area (Å²) in [5, 5.41) is 7.71. The summed E-state index contributed by atoms with van der Waals surface area (Å²) in [6, 6.07) is 13.2. The molecule has 6 nitrogen and oxygen atoms in total. The van der Waals surface area contributed by atoms with Crippen molar-refractivity contribution in [2.75, 3.05) is 5.32 Å². The monoisotopic (exact) mass is 429 g/mol. The van der Waals surface area contributed by atoms with Gasteiger partial charge in [0.1, 0.15) is 10.9 Å². The highest BCUT2D eigenvalue weighted by Gasteiger charge is 2.11. The molecular weight excluding hydrogens is 413 g/mol. The molecule has 0 radical (unpaired) electrons. The molecule has 3 rings (SSSR count). The number of benzene rings is 2. The molecule has 0 bridgehead atoms. The fourth-order valence-electron chi connectivity index (χ4n) is 2.59. The van der Waals surface area contributed by atoms with E-state index in [9.17, 15) is 9.59 Å². The van der Waals surface area contributed by atoms with Crippen LogP contribution >= 0.6 is 23.2 Å². The van der Waals surface area contributed by atoms with Gasteiger partial charge in [0.05, 0.1) is 16.3 Å². The van der Waals surface area contributed by atoms with Crippen LogP contribution < -0.4 is 10.1 Å². The molecule has 0 saturated carbocycles. The predicted molar refractivity (Wildman–Crippen MR) is 113 cm³/mol. The van der Waals surface area contributed by atoms with Gasteiger partial charge < -0.3 is 10.1 Å². The fraction of sp³-hybridized carbons (Fsp3) is 0.0952. The number of carbonyl (C=O) groups is 2. The summed E-state index contributed by atoms with van der Waals surface area (Å²) < 4.78 is 6.78. The van der Waals surface area contributed by atoms with Gasteiger partial charge in [-0.1, -0.05) is 35.3 Å². The second-order valence-electron chi connectivity index (χ2n) is 6.13. The van der Waals surface area contributed by atoms with Crippen molar-refractivity contribution in [3.05, 3.63) is 81.6 Å². The summed E-state index contributed by atoms with van der Waals surface area (Å²) in [6.45, 7) is 1.80. The summed E-state index contributed by atoms with van der Waals surface area (Å²) in [4.78, 5) is 24.3. The highest BCUT2D eigenvalue weighted by atomic mass is 35.5. The first-order chi connectivity index (χ1) is 13.8. The normalized spacial score (nSPS) is 10.9. The van der Waals surface area contributed by atoms with Crippen molar-refractivity contribution in [3.8, 4) is 5.75 Å². The van der Waals surface area contributed by atoms with Gasteiger partial charge >= 0.3 is 5.97 Å². The number of halogens is 2. The van der Waals surface area contributed by atoms with Gasteiger partial charge in [0, 0.05) is 24.4 Å². The molecule has 8 heteroatoms. The van der Waals surface area contributed by atoms with E-state index >= 15 is 0 Å². The first kappa shape index (κ1) is 20.6. The Labute approximate surface area is 177 Å². The highest BCUT2D eigenvalue weighted by molar-refractivity contribution is 6.34. The number of carbonyl (C=O) groups excluding carboxylic acids is 2. The molecule has 1 N–H and O–H groups in total. The van der Waals surface area contributed by atoms with Crippen LogP contribution in [-0.2, 0) is 11.8 Å². The molecule has 29 heavy (non-hydrogen) atoms. The molecule has 0 aliphatic heterocycles. The van der Waals surface area contributed by atoms with Crippen LogP contribution in [0.3, 0.4) is 0 Å². The predicted octanol–water partition coefficient (Wildman–Crippen LogP) is 4.91. The molecule has 1 heterocycles. The maximum atomic E-state index is 12.3. The van der Waals surface area contributed by atoms with E-state index in [-0.39, 0.29) is 5.91 Å². The Morgan fingerprint density at radius 1 is 1.10 bits per heavy atom. The molecule has 148 valence electrons. The Bertz CT molecular complexity index is 1090. The number of hydrogen-bond donors (Lipinski definition) is 1. The molecule has 1 amide bonds. The van der Waals surface area contributed by atoms with E-state index in [1.165, 1.54) is 10.8 Å². The summed E-state index contributed by atoms with van der Waals surface area (Å²) >= 11 is 12.1. The van der Waals surface area contributed by atoms with Crippen molar-refractivity contribution in [3.63, 3.8) is 0 Å². The molecule has 2 aromatic carbocycles. The van der Waals surface area contributed by atoms with Gasteiger partial charge in [0.15, 0.2) is 0 Å². The average Bonchev–Trinajstić information content (AvgIpc) is 2.93. The molecule has 0 aliphatic carbocycles. The van der Waals surface area contributed by atoms with Gasteiger partial charge in [-0.15, -0.1) is 0 Å². The van der Waals surface area contributed by atoms with Crippen molar-refractivity contribution >= 4 is 46.8 Å². The zero-order valence-corrected chi connectivity index (χ0v) is 17.2. The Kier molecular flexibility index (Phi) is 6.36. The maximum absolute atomic E-state index is 12.3. The Hall–Kier alpha value is -3.09. The molecule has 0 saturated heterocycles. The minimum atomic E-state index is -0.558. The van der Waals surface area contributed by atoms with E-state index in [4.69, 9.17) is 27.9 Å². The zero-order valence-electron chi connectivity index (χ0n) is 15.6. The third kappa shape index (κ3) is 5.04. The summed E-state index contributed by atoms with van der Waals surface area (Å²) in [6.07, 6.45) is 2.84. The molecule has 3 aromatic rings. The lowest BCUT2D eigenvalue weighted by atomic mass is 10.2. The summed E-state index contributed by atoms with van der Waals surface area (Å²) in [7, 11) is 1.72. The lowest BCUT2D eigenvalue weighted by Crippen LogP contribution is -2.12. The van der Waals surface area contributed by atoms with Gasteiger partial charge in [-0.3, -0.25) is 9.48 Å². The van der Waals surface area contributed by atoms with E-state index in [0.717, 1.165) is 0 Å². The first-order valence-corrected chi connectivity index (χ1v) is 9.35. The SMILES string of the molecule is Cc1nn(C)c(Cl)c1/C=C/C(=O)Oc1ccc(NC(=O)c2ccccc2Cl)cc1. The Morgan fingerprint density at radius 2 is 1.79 bits per heavy atom. The smallest absolute Gasteiger partial charge is 0.336 e. The van der Waals surface area contributed by atoms with Crippen LogP contribution in [0.4, 0.5) is 5.69 Å². The fourth-order valence-corrected chi connectivity index (χ4v) is 3.05. The quantitative estimate of drug-likeness (QED) is 0.355. The van der Waals surface area contributed by atoms with Crippen molar-refractivity contribution in [2.45, 2.75) is 6.92 Å². The minimum absolute atomic E-state index is 0.327. The molecule has 0 atom stereocenters. The minimum Gasteiger partial charge on any atom is -0.423 e. The second kappa shape index (κ2) is 8.94. The number of nitrogens with one attached hydrogen (secondary N) is 1. The van der Waals surface area contributed by atoms with Gasteiger partial charge in [0.25, 0.3) is 5.91 Å². The average molecular weight is 430 g/mol. The van der Waals surface area contributed by atoms with Crippen LogP contribution in [0.15, 0.2) is 54.6 Å². The van der Waals surface area contributed by atoms with E-state index in [2.05, 4.69) is 10.4 Å². The molecule has 0 aliphatic rings. The lowest BCUT2D eigenvalue weighted by molar-refractivity contribution is -0.128. The van der Waals surface area contributed by atoms with E-state index < -0.39 is 5.97 Å². The van der Waals surface area contributed by atoms with Crippen molar-refractivity contribution < 1.29 is 14.3 Å². The van der Waals surface area contributed by atoms with Crippen LogP contribution in [0.1, 0.15) is 21.6 Å². The Balaban J connectivity index is 1.61. The van der Waals surface area contributed by atoms with Crippen molar-refractivity contribution in [1.29, 1.82) is 0 Å². The van der Waals surface area contributed by atoms with Crippen molar-refractivity contribution in [1.82, 2.24) is 9.78 Å². The first-order valence-electron chi connectivity index (χ1n) is 8.60. The number of hydrogen-bond acceptors (Lipinski definition) is 4. The number of aromatic nitrogens is 2. The van der Waals surface area contributed by atoms with Gasteiger partial charge in [-0.05, 0) is 49.4 Å². The summed E-state index contributed by atoms with van der Waals surface area (Å²) in [5.74, 6) is -0.548. The number of amides is 1. The third-order valence-electron chi connectivity index (χ3n) is 4.03. The van der Waals surface area contributed by atoms with Crippen LogP contribution in [0.5, 0.6) is 5.75 Å². The van der Waals surface area contributed by atoms with E-state index in [1.807, 2.05) is 0 Å². The number of ether oxygens (including phenoxy) is 1. The summed E-state index contributed by atoms with van der Waals surface area (Å²) in [5.41, 5.74) is 2.28. The van der Waals surface area contributed by atoms with Crippen LogP contribution in [-0.4, -0.2) is 21.7 Å². The van der Waals surface area contributed by atoms with Gasteiger partial charge in [0.2, 0.25) is 0 Å². The van der Waals surface area contributed by atoms with Gasteiger partial charge in [-0.25, -0.2) is 4.79 Å².